The first kappa shape index (κ1) is 19.3. The lowest BCUT2D eigenvalue weighted by molar-refractivity contribution is 1.19. The van der Waals surface area contributed by atoms with Crippen LogP contribution in [0.5, 0.6) is 0 Å². The van der Waals surface area contributed by atoms with E-state index in [1.165, 1.54) is 0 Å². The first-order valence-electron chi connectivity index (χ1n) is 9.69. The van der Waals surface area contributed by atoms with Crippen molar-refractivity contribution in [1.29, 1.82) is 0 Å². The zero-order valence-corrected chi connectivity index (χ0v) is 16.9. The quantitative estimate of drug-likeness (QED) is 0.400. The molecule has 0 aliphatic heterocycles. The number of aryl methyl sites for hydroxylation is 2. The Morgan fingerprint density at radius 3 is 1.67 bits per heavy atom. The van der Waals surface area contributed by atoms with Gasteiger partial charge in [0.05, 0.1) is 39.5 Å². The molecule has 5 nitrogen and oxygen atoms in total. The molecule has 146 valence electrons. The third kappa shape index (κ3) is 4.70. The van der Waals surface area contributed by atoms with E-state index in [2.05, 4.69) is 31.8 Å². The van der Waals surface area contributed by atoms with E-state index in [0.29, 0.717) is 0 Å². The third-order valence-corrected chi connectivity index (χ3v) is 4.39. The average molecular weight is 391 g/mol. The van der Waals surface area contributed by atoms with Crippen molar-refractivity contribution in [3.8, 4) is 22.8 Å². The van der Waals surface area contributed by atoms with Gasteiger partial charge in [-0.1, -0.05) is 24.3 Å². The summed E-state index contributed by atoms with van der Waals surface area (Å²) in [4.78, 5) is 21.9. The second-order valence-electron chi connectivity index (χ2n) is 6.85. The Labute approximate surface area is 175 Å². The van der Waals surface area contributed by atoms with E-state index < -0.39 is 0 Å². The lowest BCUT2D eigenvalue weighted by Crippen LogP contribution is -1.93. The van der Waals surface area contributed by atoms with E-state index in [4.69, 9.17) is 0 Å². The van der Waals surface area contributed by atoms with E-state index >= 15 is 0 Å². The van der Waals surface area contributed by atoms with Gasteiger partial charge in [-0.15, -0.1) is 0 Å². The van der Waals surface area contributed by atoms with E-state index in [-0.39, 0.29) is 0 Å². The summed E-state index contributed by atoms with van der Waals surface area (Å²) in [5, 5.41) is 0. The minimum absolute atomic E-state index is 0.876. The lowest BCUT2D eigenvalue weighted by Gasteiger charge is -2.06. The molecule has 30 heavy (non-hydrogen) atoms. The maximum atomic E-state index is 4.65. The fourth-order valence-electron chi connectivity index (χ4n) is 3.01. The molecule has 4 heterocycles. The largest absolute Gasteiger partial charge is 0.255 e. The summed E-state index contributed by atoms with van der Waals surface area (Å²) in [6.45, 7) is 4.00. The van der Waals surface area contributed by atoms with E-state index in [9.17, 15) is 0 Å². The van der Waals surface area contributed by atoms with Crippen molar-refractivity contribution in [3.63, 3.8) is 0 Å². The van der Waals surface area contributed by atoms with Crippen molar-refractivity contribution in [3.05, 3.63) is 103 Å². The van der Waals surface area contributed by atoms with Gasteiger partial charge >= 0.3 is 0 Å². The minimum Gasteiger partial charge on any atom is -0.255 e. The van der Waals surface area contributed by atoms with Crippen molar-refractivity contribution < 1.29 is 0 Å². The van der Waals surface area contributed by atoms with Gasteiger partial charge in [0.2, 0.25) is 0 Å². The van der Waals surface area contributed by atoms with Gasteiger partial charge in [-0.25, -0.2) is 9.97 Å². The Balaban J connectivity index is 0.000000168. The van der Waals surface area contributed by atoms with Crippen LogP contribution < -0.4 is 0 Å². The van der Waals surface area contributed by atoms with Crippen LogP contribution in [0.3, 0.4) is 0 Å². The topological polar surface area (TPSA) is 64.5 Å². The predicted molar refractivity (Wildman–Crippen MR) is 120 cm³/mol. The molecule has 0 amide bonds. The van der Waals surface area contributed by atoms with Gasteiger partial charge in [0.25, 0.3) is 0 Å². The molecule has 0 aliphatic rings. The monoisotopic (exact) mass is 391 g/mol. The number of fused-ring (bicyclic) bond motifs is 1. The molecule has 0 N–H and O–H groups in total. The zero-order chi connectivity index (χ0) is 20.8. The van der Waals surface area contributed by atoms with Gasteiger partial charge in [-0.05, 0) is 67.9 Å². The normalized spacial score (nSPS) is 10.3. The summed E-state index contributed by atoms with van der Waals surface area (Å²) in [6, 6.07) is 23.6. The minimum atomic E-state index is 0.876. The van der Waals surface area contributed by atoms with Gasteiger partial charge in [0.1, 0.15) is 0 Å². The highest BCUT2D eigenvalue weighted by atomic mass is 14.8. The molecule has 0 aliphatic carbocycles. The van der Waals surface area contributed by atoms with Crippen LogP contribution in [0, 0.1) is 13.8 Å². The number of aromatic nitrogens is 5. The molecule has 0 saturated carbocycles. The van der Waals surface area contributed by atoms with Crippen molar-refractivity contribution in [1.82, 2.24) is 24.9 Å². The lowest BCUT2D eigenvalue weighted by atomic mass is 10.1. The van der Waals surface area contributed by atoms with Crippen LogP contribution >= 0.6 is 0 Å². The maximum Gasteiger partial charge on any atom is 0.0896 e. The van der Waals surface area contributed by atoms with Gasteiger partial charge < -0.3 is 0 Å². The summed E-state index contributed by atoms with van der Waals surface area (Å²) in [5.41, 5.74) is 7.54. The zero-order valence-electron chi connectivity index (χ0n) is 16.9. The fourth-order valence-corrected chi connectivity index (χ4v) is 3.01. The fraction of sp³-hybridized carbons (Fsp3) is 0.0800. The van der Waals surface area contributed by atoms with E-state index in [1.54, 1.807) is 18.6 Å². The van der Waals surface area contributed by atoms with Crippen molar-refractivity contribution >= 4 is 11.0 Å². The standard InChI is InChI=1S/C16H13N3.C9H8N2/c1-12-10-15(13-6-2-4-8-17-13)19-16(11-12)14-7-3-5-9-18-14;1-7-6-10-8-4-2-3-5-9(8)11-7/h2-11H,1H3;2-6H,1H3. The number of nitrogens with zero attached hydrogens (tertiary/aromatic N) is 5. The number of pyridine rings is 3. The highest BCUT2D eigenvalue weighted by molar-refractivity contribution is 5.73. The summed E-state index contributed by atoms with van der Waals surface area (Å²) in [6.07, 6.45) is 5.34. The molecular formula is C25H21N5. The molecule has 0 bridgehead atoms. The van der Waals surface area contributed by atoms with Crippen molar-refractivity contribution in [2.75, 3.05) is 0 Å². The summed E-state index contributed by atoms with van der Waals surface area (Å²) in [5.74, 6) is 0. The summed E-state index contributed by atoms with van der Waals surface area (Å²) in [7, 11) is 0. The van der Waals surface area contributed by atoms with Gasteiger partial charge in [0, 0.05) is 18.6 Å². The maximum absolute atomic E-state index is 4.65. The Morgan fingerprint density at radius 1 is 0.533 bits per heavy atom. The average Bonchev–Trinajstić information content (AvgIpc) is 2.80. The molecule has 0 fully saturated rings. The molecule has 4 aromatic heterocycles. The molecule has 1 aromatic carbocycles. The molecule has 0 unspecified atom stereocenters. The molecule has 0 radical (unpaired) electrons. The molecule has 5 aromatic rings. The van der Waals surface area contributed by atoms with Crippen LogP contribution in [-0.2, 0) is 0 Å². The number of para-hydroxylation sites is 2. The van der Waals surface area contributed by atoms with Gasteiger partial charge in [-0.2, -0.15) is 0 Å². The molecule has 0 spiro atoms. The second kappa shape index (κ2) is 9.01. The Kier molecular flexibility index (Phi) is 5.80. The Hall–Kier alpha value is -3.99. The Morgan fingerprint density at radius 2 is 1.10 bits per heavy atom. The predicted octanol–water partition coefficient (Wildman–Crippen LogP) is 5.45. The van der Waals surface area contributed by atoms with Crippen LogP contribution in [0.2, 0.25) is 0 Å². The second-order valence-corrected chi connectivity index (χ2v) is 6.85. The molecule has 5 heteroatoms. The summed E-state index contributed by atoms with van der Waals surface area (Å²) >= 11 is 0. The van der Waals surface area contributed by atoms with Crippen LogP contribution in [0.4, 0.5) is 0 Å². The first-order valence-corrected chi connectivity index (χ1v) is 9.69. The first-order chi connectivity index (χ1) is 14.7. The van der Waals surface area contributed by atoms with E-state index in [1.807, 2.05) is 79.7 Å². The highest BCUT2D eigenvalue weighted by Gasteiger charge is 2.06. The van der Waals surface area contributed by atoms with Crippen molar-refractivity contribution in [2.45, 2.75) is 13.8 Å². The third-order valence-electron chi connectivity index (χ3n) is 4.39. The number of rotatable bonds is 2. The number of hydrogen-bond donors (Lipinski definition) is 0. The number of hydrogen-bond acceptors (Lipinski definition) is 5. The van der Waals surface area contributed by atoms with Crippen LogP contribution in [0.25, 0.3) is 33.8 Å². The van der Waals surface area contributed by atoms with Gasteiger partial charge in [-0.3, -0.25) is 15.0 Å². The van der Waals surface area contributed by atoms with Gasteiger partial charge in [0.15, 0.2) is 0 Å². The Bertz CT molecular complexity index is 1200. The molecule has 5 rings (SSSR count). The SMILES string of the molecule is Cc1cc(-c2ccccn2)nc(-c2ccccn2)c1.Cc1cnc2ccccc2n1. The van der Waals surface area contributed by atoms with E-state index in [0.717, 1.165) is 45.1 Å². The highest BCUT2D eigenvalue weighted by Crippen LogP contribution is 2.21. The summed E-state index contributed by atoms with van der Waals surface area (Å²) < 4.78 is 0. The molecule has 0 atom stereocenters. The van der Waals surface area contributed by atoms with Crippen molar-refractivity contribution in [2.24, 2.45) is 0 Å². The van der Waals surface area contributed by atoms with Crippen LogP contribution in [-0.4, -0.2) is 24.9 Å². The molecule has 0 saturated heterocycles. The number of benzene rings is 1. The smallest absolute Gasteiger partial charge is 0.0896 e. The van der Waals surface area contributed by atoms with Crippen LogP contribution in [0.15, 0.2) is 91.4 Å². The van der Waals surface area contributed by atoms with Crippen LogP contribution in [0.1, 0.15) is 11.3 Å². The molecular weight excluding hydrogens is 370 g/mol.